The lowest BCUT2D eigenvalue weighted by Crippen LogP contribution is -2.29. The molecule has 0 aromatic carbocycles. The van der Waals surface area contributed by atoms with Crippen molar-refractivity contribution in [3.63, 3.8) is 0 Å². The monoisotopic (exact) mass is 208 g/mol. The number of thioether (sulfide) groups is 1. The summed E-state index contributed by atoms with van der Waals surface area (Å²) in [4.78, 5) is 0. The minimum Gasteiger partial charge on any atom is -0.215 e. The van der Waals surface area contributed by atoms with E-state index >= 15 is 0 Å². The maximum atomic E-state index is 4.24. The van der Waals surface area contributed by atoms with Crippen molar-refractivity contribution < 1.29 is 4.58 Å². The van der Waals surface area contributed by atoms with E-state index in [4.69, 9.17) is 0 Å². The third-order valence-corrected chi connectivity index (χ3v) is 4.05. The highest BCUT2D eigenvalue weighted by Crippen LogP contribution is 2.37. The van der Waals surface area contributed by atoms with E-state index < -0.39 is 0 Å². The van der Waals surface area contributed by atoms with Gasteiger partial charge in [-0.1, -0.05) is 24.4 Å². The zero-order chi connectivity index (χ0) is 10.3. The van der Waals surface area contributed by atoms with Crippen LogP contribution in [0.1, 0.15) is 20.3 Å². The number of hydrogen-bond donors (Lipinski definition) is 0. The maximum Gasteiger partial charge on any atom is 0.219 e. The molecule has 2 heteroatoms. The minimum atomic E-state index is 0.469. The van der Waals surface area contributed by atoms with Gasteiger partial charge in [-0.2, -0.15) is 0 Å². The average molecular weight is 208 g/mol. The number of nitrogens with zero attached hydrogens (tertiary/aromatic N) is 1. The molecule has 1 nitrogen and oxygen atoms in total. The largest absolute Gasteiger partial charge is 0.219 e. The van der Waals surface area contributed by atoms with Crippen molar-refractivity contribution in [2.75, 3.05) is 6.26 Å². The highest BCUT2D eigenvalue weighted by molar-refractivity contribution is 8.13. The smallest absolute Gasteiger partial charge is 0.215 e. The fourth-order valence-electron chi connectivity index (χ4n) is 2.50. The molecule has 0 saturated heterocycles. The SMILES string of the molecule is C=C1[C@H]2CC=C[C@@H]1[N+](C(C)C)=C2SC. The second kappa shape index (κ2) is 3.58. The second-order valence-corrected chi connectivity index (χ2v) is 5.11. The van der Waals surface area contributed by atoms with Gasteiger partial charge in [-0.3, -0.25) is 0 Å². The number of fused-ring (bicyclic) bond motifs is 2. The van der Waals surface area contributed by atoms with Gasteiger partial charge in [-0.25, -0.2) is 4.58 Å². The van der Waals surface area contributed by atoms with Crippen LogP contribution < -0.4 is 0 Å². The lowest BCUT2D eigenvalue weighted by molar-refractivity contribution is -0.567. The van der Waals surface area contributed by atoms with Crippen molar-refractivity contribution in [3.05, 3.63) is 24.3 Å². The summed E-state index contributed by atoms with van der Waals surface area (Å²) in [6, 6.07) is 1.04. The van der Waals surface area contributed by atoms with Gasteiger partial charge in [0.15, 0.2) is 6.04 Å². The molecular formula is C12H18NS+. The van der Waals surface area contributed by atoms with Crippen molar-refractivity contribution in [1.82, 2.24) is 0 Å². The Morgan fingerprint density at radius 1 is 1.57 bits per heavy atom. The molecule has 0 aromatic rings. The molecule has 1 aliphatic heterocycles. The molecule has 14 heavy (non-hydrogen) atoms. The molecule has 2 aliphatic rings. The quantitative estimate of drug-likeness (QED) is 0.473. The van der Waals surface area contributed by atoms with Gasteiger partial charge < -0.3 is 0 Å². The summed E-state index contributed by atoms with van der Waals surface area (Å²) in [6.07, 6.45) is 7.94. The van der Waals surface area contributed by atoms with Crippen molar-refractivity contribution in [2.24, 2.45) is 5.92 Å². The van der Waals surface area contributed by atoms with E-state index in [-0.39, 0.29) is 0 Å². The molecule has 0 unspecified atom stereocenters. The first-order valence-electron chi connectivity index (χ1n) is 5.21. The van der Waals surface area contributed by atoms with Crippen molar-refractivity contribution in [2.45, 2.75) is 32.4 Å². The highest BCUT2D eigenvalue weighted by Gasteiger charge is 2.45. The van der Waals surface area contributed by atoms with Crippen LogP contribution in [0.3, 0.4) is 0 Å². The van der Waals surface area contributed by atoms with Gasteiger partial charge in [0, 0.05) is 5.57 Å². The van der Waals surface area contributed by atoms with E-state index in [9.17, 15) is 0 Å². The van der Waals surface area contributed by atoms with Gasteiger partial charge in [-0.05, 0) is 32.6 Å². The Hall–Kier alpha value is -0.500. The van der Waals surface area contributed by atoms with Gasteiger partial charge in [0.2, 0.25) is 5.04 Å². The van der Waals surface area contributed by atoms with Crippen LogP contribution in [0.5, 0.6) is 0 Å². The third kappa shape index (κ3) is 1.28. The summed E-state index contributed by atoms with van der Waals surface area (Å²) in [6.45, 7) is 8.77. The summed E-state index contributed by atoms with van der Waals surface area (Å²) in [5, 5.41) is 1.51. The molecule has 0 fully saturated rings. The second-order valence-electron chi connectivity index (χ2n) is 4.28. The number of rotatable bonds is 1. The fourth-order valence-corrected chi connectivity index (χ4v) is 3.56. The first kappa shape index (κ1) is 10.0. The van der Waals surface area contributed by atoms with Gasteiger partial charge >= 0.3 is 0 Å². The van der Waals surface area contributed by atoms with E-state index in [2.05, 4.69) is 43.4 Å². The predicted molar refractivity (Wildman–Crippen MR) is 64.1 cm³/mol. The molecule has 0 radical (unpaired) electrons. The zero-order valence-corrected chi connectivity index (χ0v) is 9.97. The summed E-state index contributed by atoms with van der Waals surface area (Å²) in [5.74, 6) is 0.599. The van der Waals surface area contributed by atoms with Gasteiger partial charge in [0.25, 0.3) is 0 Å². The molecule has 1 aliphatic carbocycles. The van der Waals surface area contributed by atoms with Crippen molar-refractivity contribution >= 4 is 16.8 Å². The lowest BCUT2D eigenvalue weighted by Gasteiger charge is -2.13. The third-order valence-electron chi connectivity index (χ3n) is 3.14. The molecular weight excluding hydrogens is 190 g/mol. The molecule has 0 N–H and O–H groups in total. The molecule has 2 rings (SSSR count). The fraction of sp³-hybridized carbons (Fsp3) is 0.583. The molecule has 76 valence electrons. The topological polar surface area (TPSA) is 3.01 Å². The van der Waals surface area contributed by atoms with Crippen LogP contribution in [-0.2, 0) is 0 Å². The number of allylic oxidation sites excluding steroid dienone is 1. The van der Waals surface area contributed by atoms with Crippen LogP contribution in [0.25, 0.3) is 0 Å². The number of hydrogen-bond acceptors (Lipinski definition) is 1. The summed E-state index contributed by atoms with van der Waals surface area (Å²) in [5.41, 5.74) is 1.39. The van der Waals surface area contributed by atoms with E-state index in [0.29, 0.717) is 18.0 Å². The molecule has 0 aromatic heterocycles. The lowest BCUT2D eigenvalue weighted by atomic mass is 9.90. The Kier molecular flexibility index (Phi) is 2.56. The molecule has 2 atom stereocenters. The molecule has 1 heterocycles. The van der Waals surface area contributed by atoms with E-state index in [1.165, 1.54) is 10.6 Å². The predicted octanol–water partition coefficient (Wildman–Crippen LogP) is 2.68. The Bertz CT molecular complexity index is 325. The van der Waals surface area contributed by atoms with Crippen LogP contribution in [0.2, 0.25) is 0 Å². The van der Waals surface area contributed by atoms with Crippen LogP contribution in [0.15, 0.2) is 24.3 Å². The molecule has 0 amide bonds. The van der Waals surface area contributed by atoms with Crippen molar-refractivity contribution in [3.8, 4) is 0 Å². The van der Waals surface area contributed by atoms with Crippen molar-refractivity contribution in [1.29, 1.82) is 0 Å². The Balaban J connectivity index is 2.47. The summed E-state index contributed by atoms with van der Waals surface area (Å²) in [7, 11) is 0. The zero-order valence-electron chi connectivity index (χ0n) is 9.16. The Morgan fingerprint density at radius 3 is 2.86 bits per heavy atom. The Morgan fingerprint density at radius 2 is 2.29 bits per heavy atom. The molecule has 0 spiro atoms. The van der Waals surface area contributed by atoms with E-state index in [0.717, 1.165) is 6.42 Å². The maximum absolute atomic E-state index is 4.24. The summed E-state index contributed by atoms with van der Waals surface area (Å²) < 4.78 is 2.52. The van der Waals surface area contributed by atoms with Gasteiger partial charge in [0.1, 0.15) is 6.04 Å². The first-order chi connectivity index (χ1) is 6.66. The van der Waals surface area contributed by atoms with E-state index in [1.807, 2.05) is 11.8 Å². The molecule has 2 bridgehead atoms. The highest BCUT2D eigenvalue weighted by atomic mass is 32.2. The van der Waals surface area contributed by atoms with Gasteiger partial charge in [0.05, 0.1) is 5.92 Å². The average Bonchev–Trinajstić information content (AvgIpc) is 2.34. The standard InChI is InChI=1S/C12H18NS/c1-8(2)13-11-7-5-6-10(9(11)3)12(13)14-4/h5,7-8,10-11H,3,6H2,1-2,4H3/q+1/t10-,11+/m1/s1. The normalized spacial score (nSPS) is 30.7. The molecule has 0 saturated carbocycles. The van der Waals surface area contributed by atoms with Crippen LogP contribution in [0.4, 0.5) is 0 Å². The minimum absolute atomic E-state index is 0.469. The summed E-state index contributed by atoms with van der Waals surface area (Å²) >= 11 is 1.89. The van der Waals surface area contributed by atoms with Crippen LogP contribution in [-0.4, -0.2) is 28.0 Å². The van der Waals surface area contributed by atoms with Gasteiger partial charge in [-0.15, -0.1) is 0 Å². The Labute approximate surface area is 90.6 Å². The van der Waals surface area contributed by atoms with Crippen LogP contribution in [0, 0.1) is 5.92 Å². The van der Waals surface area contributed by atoms with E-state index in [1.54, 1.807) is 0 Å². The van der Waals surface area contributed by atoms with Crippen LogP contribution >= 0.6 is 11.8 Å². The first-order valence-corrected chi connectivity index (χ1v) is 6.43.